The standard InChI is InChI=1S/C15H19N3/c1-2-7-16-9-12-10-17-15(18-12)14-8-11-5-3-4-6-13(11)14/h3-6,10,14,16H,2,7-9H2,1H3,(H,17,18). The second-order valence-electron chi connectivity index (χ2n) is 4.93. The molecule has 0 bridgehead atoms. The number of aromatic nitrogens is 2. The summed E-state index contributed by atoms with van der Waals surface area (Å²) in [6.45, 7) is 4.12. The smallest absolute Gasteiger partial charge is 0.114 e. The molecular weight excluding hydrogens is 222 g/mol. The van der Waals surface area contributed by atoms with Gasteiger partial charge < -0.3 is 10.3 Å². The van der Waals surface area contributed by atoms with E-state index in [0.29, 0.717) is 5.92 Å². The fourth-order valence-electron chi connectivity index (χ4n) is 2.55. The Hall–Kier alpha value is -1.61. The summed E-state index contributed by atoms with van der Waals surface area (Å²) in [7, 11) is 0. The van der Waals surface area contributed by atoms with Crippen molar-refractivity contribution < 1.29 is 0 Å². The van der Waals surface area contributed by atoms with E-state index in [2.05, 4.69) is 46.5 Å². The van der Waals surface area contributed by atoms with Crippen molar-refractivity contribution in [1.82, 2.24) is 15.3 Å². The third-order valence-corrected chi connectivity index (χ3v) is 3.57. The number of nitrogens with one attached hydrogen (secondary N) is 2. The number of aromatic amines is 1. The summed E-state index contributed by atoms with van der Waals surface area (Å²) in [6.07, 6.45) is 4.24. The molecule has 1 aromatic carbocycles. The average molecular weight is 241 g/mol. The average Bonchev–Trinajstić information content (AvgIpc) is 2.80. The predicted molar refractivity (Wildman–Crippen MR) is 72.6 cm³/mol. The van der Waals surface area contributed by atoms with Crippen molar-refractivity contribution in [3.8, 4) is 0 Å². The van der Waals surface area contributed by atoms with E-state index in [1.165, 1.54) is 16.8 Å². The first kappa shape index (κ1) is 11.5. The van der Waals surface area contributed by atoms with E-state index in [9.17, 15) is 0 Å². The number of hydrogen-bond acceptors (Lipinski definition) is 2. The van der Waals surface area contributed by atoms with Crippen LogP contribution in [-0.4, -0.2) is 16.5 Å². The fraction of sp³-hybridized carbons (Fsp3) is 0.400. The van der Waals surface area contributed by atoms with E-state index in [0.717, 1.165) is 31.8 Å². The van der Waals surface area contributed by atoms with Crippen molar-refractivity contribution in [1.29, 1.82) is 0 Å². The molecule has 3 nitrogen and oxygen atoms in total. The van der Waals surface area contributed by atoms with Gasteiger partial charge in [-0.05, 0) is 30.5 Å². The van der Waals surface area contributed by atoms with Gasteiger partial charge in [0.05, 0.1) is 0 Å². The van der Waals surface area contributed by atoms with E-state index < -0.39 is 0 Å². The molecule has 1 unspecified atom stereocenters. The monoisotopic (exact) mass is 241 g/mol. The van der Waals surface area contributed by atoms with Gasteiger partial charge in [0.25, 0.3) is 0 Å². The minimum absolute atomic E-state index is 0.473. The van der Waals surface area contributed by atoms with Gasteiger partial charge in [0.1, 0.15) is 5.82 Å². The number of nitrogens with zero attached hydrogens (tertiary/aromatic N) is 1. The van der Waals surface area contributed by atoms with Crippen molar-refractivity contribution in [2.24, 2.45) is 0 Å². The highest BCUT2D eigenvalue weighted by Crippen LogP contribution is 2.38. The first-order valence-corrected chi connectivity index (χ1v) is 6.70. The van der Waals surface area contributed by atoms with Gasteiger partial charge in [0.15, 0.2) is 0 Å². The summed E-state index contributed by atoms with van der Waals surface area (Å²) >= 11 is 0. The molecule has 2 N–H and O–H groups in total. The van der Waals surface area contributed by atoms with Crippen LogP contribution in [0.3, 0.4) is 0 Å². The lowest BCUT2D eigenvalue weighted by atomic mass is 9.77. The number of imidazole rings is 1. The van der Waals surface area contributed by atoms with Crippen LogP contribution < -0.4 is 5.32 Å². The summed E-state index contributed by atoms with van der Waals surface area (Å²) < 4.78 is 0. The normalized spacial score (nSPS) is 17.3. The SMILES string of the molecule is CCCNCc1cnc(C2Cc3ccccc32)[nH]1. The molecule has 0 saturated heterocycles. The number of benzene rings is 1. The van der Waals surface area contributed by atoms with Crippen molar-refractivity contribution in [2.75, 3.05) is 6.54 Å². The maximum Gasteiger partial charge on any atom is 0.114 e. The van der Waals surface area contributed by atoms with Gasteiger partial charge in [-0.1, -0.05) is 31.2 Å². The number of H-pyrrole nitrogens is 1. The molecule has 1 heterocycles. The van der Waals surface area contributed by atoms with Gasteiger partial charge in [0, 0.05) is 24.4 Å². The maximum atomic E-state index is 4.52. The van der Waals surface area contributed by atoms with Gasteiger partial charge in [-0.3, -0.25) is 0 Å². The highest BCUT2D eigenvalue weighted by Gasteiger charge is 2.28. The quantitative estimate of drug-likeness (QED) is 0.790. The molecule has 0 fully saturated rings. The van der Waals surface area contributed by atoms with Crippen LogP contribution in [0.4, 0.5) is 0 Å². The van der Waals surface area contributed by atoms with Crippen LogP contribution in [0, 0.1) is 0 Å². The summed E-state index contributed by atoms with van der Waals surface area (Å²) in [5.74, 6) is 1.59. The van der Waals surface area contributed by atoms with E-state index in [1.807, 2.05) is 6.20 Å². The van der Waals surface area contributed by atoms with Gasteiger partial charge in [0.2, 0.25) is 0 Å². The summed E-state index contributed by atoms with van der Waals surface area (Å²) in [5.41, 5.74) is 4.08. The molecule has 1 aromatic heterocycles. The molecule has 2 aromatic rings. The van der Waals surface area contributed by atoms with Crippen molar-refractivity contribution in [2.45, 2.75) is 32.2 Å². The molecule has 0 amide bonds. The Morgan fingerprint density at radius 1 is 1.39 bits per heavy atom. The Bertz CT molecular complexity index is 530. The first-order chi connectivity index (χ1) is 8.88. The van der Waals surface area contributed by atoms with Crippen molar-refractivity contribution in [3.63, 3.8) is 0 Å². The van der Waals surface area contributed by atoms with Gasteiger partial charge in [-0.15, -0.1) is 0 Å². The van der Waals surface area contributed by atoms with E-state index >= 15 is 0 Å². The topological polar surface area (TPSA) is 40.7 Å². The van der Waals surface area contributed by atoms with Crippen LogP contribution >= 0.6 is 0 Å². The second-order valence-corrected chi connectivity index (χ2v) is 4.93. The van der Waals surface area contributed by atoms with Crippen molar-refractivity contribution >= 4 is 0 Å². The zero-order chi connectivity index (χ0) is 12.4. The first-order valence-electron chi connectivity index (χ1n) is 6.70. The largest absolute Gasteiger partial charge is 0.344 e. The van der Waals surface area contributed by atoms with Crippen molar-refractivity contribution in [3.05, 3.63) is 53.1 Å². The number of fused-ring (bicyclic) bond motifs is 1. The third-order valence-electron chi connectivity index (χ3n) is 3.57. The Morgan fingerprint density at radius 2 is 2.28 bits per heavy atom. The molecule has 0 saturated carbocycles. The molecule has 0 radical (unpaired) electrons. The van der Waals surface area contributed by atoms with E-state index in [-0.39, 0.29) is 0 Å². The molecule has 3 heteroatoms. The molecule has 1 aliphatic carbocycles. The lowest BCUT2D eigenvalue weighted by Gasteiger charge is -2.28. The molecule has 1 aliphatic rings. The molecule has 0 spiro atoms. The number of hydrogen-bond donors (Lipinski definition) is 2. The molecule has 18 heavy (non-hydrogen) atoms. The lowest BCUT2D eigenvalue weighted by molar-refractivity contribution is 0.649. The van der Waals surface area contributed by atoms with Crippen LogP contribution in [0.5, 0.6) is 0 Å². The minimum atomic E-state index is 0.473. The molecule has 3 rings (SSSR count). The molecule has 94 valence electrons. The van der Waals surface area contributed by atoms with Gasteiger partial charge >= 0.3 is 0 Å². The molecule has 1 atom stereocenters. The minimum Gasteiger partial charge on any atom is -0.344 e. The summed E-state index contributed by atoms with van der Waals surface area (Å²) in [6, 6.07) is 8.63. The Balaban J connectivity index is 1.68. The molecule has 0 aliphatic heterocycles. The van der Waals surface area contributed by atoms with Crippen LogP contribution in [0.2, 0.25) is 0 Å². The maximum absolute atomic E-state index is 4.52. The van der Waals surface area contributed by atoms with Gasteiger partial charge in [-0.25, -0.2) is 4.98 Å². The van der Waals surface area contributed by atoms with Gasteiger partial charge in [-0.2, -0.15) is 0 Å². The van der Waals surface area contributed by atoms with E-state index in [4.69, 9.17) is 0 Å². The predicted octanol–water partition coefficient (Wildman–Crippen LogP) is 2.60. The zero-order valence-corrected chi connectivity index (χ0v) is 10.7. The van der Waals surface area contributed by atoms with Crippen LogP contribution in [-0.2, 0) is 13.0 Å². The summed E-state index contributed by atoms with van der Waals surface area (Å²) in [4.78, 5) is 7.96. The summed E-state index contributed by atoms with van der Waals surface area (Å²) in [5, 5.41) is 3.39. The number of rotatable bonds is 5. The van der Waals surface area contributed by atoms with Crippen LogP contribution in [0.25, 0.3) is 0 Å². The highest BCUT2D eigenvalue weighted by atomic mass is 15.0. The highest BCUT2D eigenvalue weighted by molar-refractivity contribution is 5.44. The second kappa shape index (κ2) is 4.94. The Kier molecular flexibility index (Phi) is 3.15. The van der Waals surface area contributed by atoms with Crippen LogP contribution in [0.1, 0.15) is 41.9 Å². The van der Waals surface area contributed by atoms with Crippen LogP contribution in [0.15, 0.2) is 30.5 Å². The lowest BCUT2D eigenvalue weighted by Crippen LogP contribution is -2.19. The Morgan fingerprint density at radius 3 is 3.11 bits per heavy atom. The zero-order valence-electron chi connectivity index (χ0n) is 10.7. The third kappa shape index (κ3) is 2.06. The fourth-order valence-corrected chi connectivity index (χ4v) is 2.55. The molecular formula is C15H19N3. The Labute approximate surface area is 108 Å². The van der Waals surface area contributed by atoms with E-state index in [1.54, 1.807) is 0 Å².